The first kappa shape index (κ1) is 17.2. The SMILES string of the molecule is O=C(CC[C@H]1CCCO1)NC[C@H]1CC[C@@H](Oc2ccccc2)[C@@H]1O. The number of ether oxygens (including phenoxy) is 2. The standard InChI is InChI=1S/C19H27NO4/c21-18(11-9-15-7-4-12-23-15)20-13-14-8-10-17(19(14)22)24-16-5-2-1-3-6-16/h1-3,5-6,14-15,17,19,22H,4,7-13H2,(H,20,21)/t14-,15-,17-,19-/m1/s1. The Hall–Kier alpha value is -1.59. The van der Waals surface area contributed by atoms with Crippen LogP contribution in [0.2, 0.25) is 0 Å². The molecule has 0 spiro atoms. The van der Waals surface area contributed by atoms with E-state index in [1.165, 1.54) is 0 Å². The van der Waals surface area contributed by atoms with Gasteiger partial charge in [-0.05, 0) is 44.2 Å². The molecule has 2 N–H and O–H groups in total. The minimum atomic E-state index is -0.538. The van der Waals surface area contributed by atoms with Crippen molar-refractivity contribution in [3.8, 4) is 5.75 Å². The molecule has 1 aromatic carbocycles. The predicted molar refractivity (Wildman–Crippen MR) is 90.8 cm³/mol. The average Bonchev–Trinajstić information content (AvgIpc) is 3.23. The fourth-order valence-electron chi connectivity index (χ4n) is 3.55. The van der Waals surface area contributed by atoms with Gasteiger partial charge in [0.2, 0.25) is 5.91 Å². The van der Waals surface area contributed by atoms with E-state index in [4.69, 9.17) is 9.47 Å². The van der Waals surface area contributed by atoms with E-state index in [2.05, 4.69) is 5.32 Å². The molecule has 1 aliphatic carbocycles. The Morgan fingerprint density at radius 2 is 2.08 bits per heavy atom. The highest BCUT2D eigenvalue weighted by Crippen LogP contribution is 2.29. The second-order valence-corrected chi connectivity index (χ2v) is 6.78. The number of rotatable bonds is 7. The first-order valence-electron chi connectivity index (χ1n) is 9.00. The zero-order valence-electron chi connectivity index (χ0n) is 14.0. The van der Waals surface area contributed by atoms with E-state index in [9.17, 15) is 9.90 Å². The van der Waals surface area contributed by atoms with Gasteiger partial charge in [-0.15, -0.1) is 0 Å². The second-order valence-electron chi connectivity index (χ2n) is 6.78. The first-order valence-corrected chi connectivity index (χ1v) is 9.00. The summed E-state index contributed by atoms with van der Waals surface area (Å²) in [6.45, 7) is 1.34. The van der Waals surface area contributed by atoms with Gasteiger partial charge in [-0.2, -0.15) is 0 Å². The van der Waals surface area contributed by atoms with Crippen molar-refractivity contribution in [2.45, 2.75) is 56.8 Å². The van der Waals surface area contributed by atoms with Crippen LogP contribution in [-0.4, -0.2) is 42.5 Å². The van der Waals surface area contributed by atoms with E-state index in [-0.39, 0.29) is 24.0 Å². The molecule has 1 saturated carbocycles. The molecule has 1 saturated heterocycles. The van der Waals surface area contributed by atoms with Gasteiger partial charge in [0.1, 0.15) is 11.9 Å². The molecule has 1 aromatic rings. The summed E-state index contributed by atoms with van der Waals surface area (Å²) < 4.78 is 11.4. The summed E-state index contributed by atoms with van der Waals surface area (Å²) in [5, 5.41) is 13.4. The average molecular weight is 333 g/mol. The lowest BCUT2D eigenvalue weighted by Gasteiger charge is -2.21. The number of hydrogen-bond donors (Lipinski definition) is 2. The Bertz CT molecular complexity index is 515. The van der Waals surface area contributed by atoms with Gasteiger partial charge in [0.05, 0.1) is 12.2 Å². The fraction of sp³-hybridized carbons (Fsp3) is 0.632. The van der Waals surface area contributed by atoms with Crippen LogP contribution in [0.4, 0.5) is 0 Å². The summed E-state index contributed by atoms with van der Waals surface area (Å²) in [7, 11) is 0. The molecule has 0 aromatic heterocycles. The normalized spacial score (nSPS) is 29.5. The molecule has 1 aliphatic heterocycles. The Labute approximate surface area is 143 Å². The lowest BCUT2D eigenvalue weighted by molar-refractivity contribution is -0.122. The van der Waals surface area contributed by atoms with Crippen molar-refractivity contribution in [2.75, 3.05) is 13.2 Å². The maximum Gasteiger partial charge on any atom is 0.220 e. The van der Waals surface area contributed by atoms with E-state index in [0.717, 1.165) is 44.5 Å². The Morgan fingerprint density at radius 1 is 1.25 bits per heavy atom. The largest absolute Gasteiger partial charge is 0.488 e. The summed E-state index contributed by atoms with van der Waals surface area (Å²) in [4.78, 5) is 12.0. The van der Waals surface area contributed by atoms with Gasteiger partial charge in [-0.3, -0.25) is 4.79 Å². The molecule has 0 radical (unpaired) electrons. The monoisotopic (exact) mass is 333 g/mol. The van der Waals surface area contributed by atoms with Crippen molar-refractivity contribution in [3.05, 3.63) is 30.3 Å². The van der Waals surface area contributed by atoms with E-state index < -0.39 is 6.10 Å². The third-order valence-corrected chi connectivity index (χ3v) is 5.00. The molecule has 0 bridgehead atoms. The van der Waals surface area contributed by atoms with Crippen molar-refractivity contribution in [1.82, 2.24) is 5.32 Å². The summed E-state index contributed by atoms with van der Waals surface area (Å²) in [6, 6.07) is 9.57. The van der Waals surface area contributed by atoms with Crippen LogP contribution in [-0.2, 0) is 9.53 Å². The molecule has 132 valence electrons. The number of aliphatic hydroxyl groups excluding tert-OH is 1. The summed E-state index contributed by atoms with van der Waals surface area (Å²) in [5.41, 5.74) is 0. The second kappa shape index (κ2) is 8.49. The maximum atomic E-state index is 12.0. The highest BCUT2D eigenvalue weighted by atomic mass is 16.5. The maximum absolute atomic E-state index is 12.0. The fourth-order valence-corrected chi connectivity index (χ4v) is 3.55. The van der Waals surface area contributed by atoms with Crippen LogP contribution in [0.25, 0.3) is 0 Å². The van der Waals surface area contributed by atoms with Crippen LogP contribution < -0.4 is 10.1 Å². The molecule has 24 heavy (non-hydrogen) atoms. The number of para-hydroxylation sites is 1. The predicted octanol–water partition coefficient (Wildman–Crippen LogP) is 2.28. The summed E-state index contributed by atoms with van der Waals surface area (Å²) in [6.07, 6.45) is 4.64. The van der Waals surface area contributed by atoms with E-state index in [1.807, 2.05) is 30.3 Å². The molecular formula is C19H27NO4. The Morgan fingerprint density at radius 3 is 2.83 bits per heavy atom. The third-order valence-electron chi connectivity index (χ3n) is 5.00. The molecule has 2 fully saturated rings. The van der Waals surface area contributed by atoms with Crippen LogP contribution >= 0.6 is 0 Å². The lowest BCUT2D eigenvalue weighted by atomic mass is 10.1. The van der Waals surface area contributed by atoms with E-state index >= 15 is 0 Å². The van der Waals surface area contributed by atoms with E-state index in [1.54, 1.807) is 0 Å². The number of hydrogen-bond acceptors (Lipinski definition) is 4. The van der Waals surface area contributed by atoms with Crippen molar-refractivity contribution >= 4 is 5.91 Å². The van der Waals surface area contributed by atoms with Gasteiger partial charge >= 0.3 is 0 Å². The molecule has 1 amide bonds. The van der Waals surface area contributed by atoms with Crippen molar-refractivity contribution < 1.29 is 19.4 Å². The highest BCUT2D eigenvalue weighted by Gasteiger charge is 2.36. The van der Waals surface area contributed by atoms with Gasteiger partial charge < -0.3 is 19.9 Å². The zero-order chi connectivity index (χ0) is 16.8. The van der Waals surface area contributed by atoms with Crippen LogP contribution in [0.5, 0.6) is 5.75 Å². The van der Waals surface area contributed by atoms with Crippen LogP contribution in [0.3, 0.4) is 0 Å². The van der Waals surface area contributed by atoms with Crippen molar-refractivity contribution in [2.24, 2.45) is 5.92 Å². The van der Waals surface area contributed by atoms with Crippen molar-refractivity contribution in [1.29, 1.82) is 0 Å². The zero-order valence-corrected chi connectivity index (χ0v) is 14.0. The highest BCUT2D eigenvalue weighted by molar-refractivity contribution is 5.75. The van der Waals surface area contributed by atoms with Gasteiger partial charge in [0.15, 0.2) is 0 Å². The van der Waals surface area contributed by atoms with E-state index in [0.29, 0.717) is 13.0 Å². The number of nitrogens with one attached hydrogen (secondary N) is 1. The Kier molecular flexibility index (Phi) is 6.10. The molecule has 5 nitrogen and oxygen atoms in total. The number of benzene rings is 1. The molecule has 4 atom stereocenters. The third kappa shape index (κ3) is 4.71. The smallest absolute Gasteiger partial charge is 0.220 e. The Balaban J connectivity index is 1.37. The van der Waals surface area contributed by atoms with Gasteiger partial charge in [0.25, 0.3) is 0 Å². The molecule has 3 rings (SSSR count). The number of aliphatic hydroxyl groups is 1. The quantitative estimate of drug-likeness (QED) is 0.803. The lowest BCUT2D eigenvalue weighted by Crippen LogP contribution is -2.37. The summed E-state index contributed by atoms with van der Waals surface area (Å²) in [5.74, 6) is 0.887. The minimum Gasteiger partial charge on any atom is -0.488 e. The van der Waals surface area contributed by atoms with Gasteiger partial charge in [-0.1, -0.05) is 18.2 Å². The van der Waals surface area contributed by atoms with Crippen molar-refractivity contribution in [3.63, 3.8) is 0 Å². The number of carbonyl (C=O) groups is 1. The van der Waals surface area contributed by atoms with Gasteiger partial charge in [-0.25, -0.2) is 0 Å². The first-order chi connectivity index (χ1) is 11.7. The topological polar surface area (TPSA) is 67.8 Å². The molecular weight excluding hydrogens is 306 g/mol. The minimum absolute atomic E-state index is 0.0464. The summed E-state index contributed by atoms with van der Waals surface area (Å²) >= 11 is 0. The molecule has 0 unspecified atom stereocenters. The van der Waals surface area contributed by atoms with Crippen LogP contribution in [0.15, 0.2) is 30.3 Å². The number of carbonyl (C=O) groups excluding carboxylic acids is 1. The molecule has 1 heterocycles. The molecule has 5 heteroatoms. The van der Waals surface area contributed by atoms with Crippen LogP contribution in [0.1, 0.15) is 38.5 Å². The molecule has 2 aliphatic rings. The van der Waals surface area contributed by atoms with Crippen LogP contribution in [0, 0.1) is 5.92 Å². The number of amides is 1. The van der Waals surface area contributed by atoms with Gasteiger partial charge in [0, 0.05) is 25.5 Å².